The van der Waals surface area contributed by atoms with E-state index in [9.17, 15) is 14.2 Å². The smallest absolute Gasteiger partial charge is 0.482 e. The second kappa shape index (κ2) is 15.2. The molecule has 0 atom stereocenters. The fraction of sp³-hybridized carbons (Fsp3) is 0.615. The molecular weight excluding hydrogens is 515 g/mol. The van der Waals surface area contributed by atoms with E-state index in [2.05, 4.69) is 4.90 Å². The van der Waals surface area contributed by atoms with E-state index in [0.717, 1.165) is 29.4 Å². The maximum atomic E-state index is 13.4. The van der Waals surface area contributed by atoms with Crippen molar-refractivity contribution in [3.05, 3.63) is 30.0 Å². The quantitative estimate of drug-likeness (QED) is 0.150. The first-order chi connectivity index (χ1) is 17.9. The third-order valence-electron chi connectivity index (χ3n) is 5.37. The van der Waals surface area contributed by atoms with Crippen molar-refractivity contribution in [3.8, 4) is 5.75 Å². The van der Waals surface area contributed by atoms with Gasteiger partial charge in [0.05, 0.1) is 12.6 Å². The van der Waals surface area contributed by atoms with E-state index in [1.165, 1.54) is 0 Å². The number of rotatable bonds is 17. The van der Waals surface area contributed by atoms with Gasteiger partial charge in [-0.2, -0.15) is 0 Å². The molecule has 0 aliphatic heterocycles. The van der Waals surface area contributed by atoms with Crippen LogP contribution in [-0.4, -0.2) is 62.7 Å². The van der Waals surface area contributed by atoms with Gasteiger partial charge in [0.2, 0.25) is 13.6 Å². The van der Waals surface area contributed by atoms with E-state index in [4.69, 9.17) is 27.8 Å². The van der Waals surface area contributed by atoms with Gasteiger partial charge in [-0.05, 0) is 56.1 Å². The minimum atomic E-state index is -4.29. The molecule has 0 spiro atoms. The molecule has 0 amide bonds. The average Bonchev–Trinajstić information content (AvgIpc) is 3.17. The van der Waals surface area contributed by atoms with Gasteiger partial charge >= 0.3 is 19.8 Å². The maximum absolute atomic E-state index is 13.4. The van der Waals surface area contributed by atoms with E-state index < -0.39 is 33.3 Å². The normalized spacial score (nSPS) is 12.1. The molecule has 12 heteroatoms. The van der Waals surface area contributed by atoms with Crippen molar-refractivity contribution >= 4 is 30.7 Å². The van der Waals surface area contributed by atoms with E-state index in [1.54, 1.807) is 11.7 Å². The number of fused-ring (bicyclic) bond motifs is 1. The number of methoxy groups -OCH3 is 1. The summed E-state index contributed by atoms with van der Waals surface area (Å²) < 4.78 is 46.6. The number of likely N-dealkylation sites (N-methyl/N-ethyl adjacent to an activating group) is 1. The van der Waals surface area contributed by atoms with Crippen LogP contribution in [0.5, 0.6) is 5.75 Å². The number of hydrogen-bond acceptors (Lipinski definition) is 10. The highest BCUT2D eigenvalue weighted by atomic mass is 31.2. The molecule has 11 nitrogen and oxygen atoms in total. The molecule has 2 rings (SSSR count). The molecule has 38 heavy (non-hydrogen) atoms. The fourth-order valence-electron chi connectivity index (χ4n) is 3.47. The Morgan fingerprint density at radius 3 is 2.03 bits per heavy atom. The largest absolute Gasteiger partial charge is 0.497 e. The Balaban J connectivity index is 2.17. The molecule has 0 saturated carbocycles. The summed E-state index contributed by atoms with van der Waals surface area (Å²) in [5.41, 5.74) is 1.89. The van der Waals surface area contributed by atoms with Crippen molar-refractivity contribution in [1.29, 1.82) is 0 Å². The van der Waals surface area contributed by atoms with E-state index >= 15 is 0 Å². The van der Waals surface area contributed by atoms with Crippen LogP contribution in [0.2, 0.25) is 0 Å². The Hall–Kier alpha value is -2.43. The Bertz CT molecular complexity index is 1070. The number of hydrogen-bond donors (Lipinski definition) is 0. The van der Waals surface area contributed by atoms with Crippen LogP contribution in [0.4, 0.5) is 0 Å². The lowest BCUT2D eigenvalue weighted by atomic mass is 10.1. The second-order valence-corrected chi connectivity index (χ2v) is 11.7. The lowest BCUT2D eigenvalue weighted by molar-refractivity contribution is -0.154. The zero-order chi connectivity index (χ0) is 28.3. The molecule has 0 bridgehead atoms. The fourth-order valence-corrected chi connectivity index (χ4v) is 4.32. The van der Waals surface area contributed by atoms with Crippen molar-refractivity contribution in [2.75, 3.05) is 41.3 Å². The molecular formula is C26H41N2O9P. The topological polar surface area (TPSA) is 115 Å². The number of esters is 2. The summed E-state index contributed by atoms with van der Waals surface area (Å²) in [5.74, 6) is -0.128. The monoisotopic (exact) mass is 556 g/mol. The van der Waals surface area contributed by atoms with Gasteiger partial charge in [-0.1, -0.05) is 27.7 Å². The number of carbonyl (C=O) groups excluding carboxylic acids is 2. The zero-order valence-electron chi connectivity index (χ0n) is 23.4. The van der Waals surface area contributed by atoms with Crippen LogP contribution in [0.1, 0.15) is 46.1 Å². The minimum absolute atomic E-state index is 0.0875. The number of benzene rings is 1. The average molecular weight is 557 g/mol. The van der Waals surface area contributed by atoms with Crippen LogP contribution < -0.4 is 4.74 Å². The molecule has 0 fully saturated rings. The van der Waals surface area contributed by atoms with Crippen molar-refractivity contribution in [2.45, 2.75) is 53.7 Å². The number of nitrogens with zero attached hydrogens (tertiary/aromatic N) is 2. The highest BCUT2D eigenvalue weighted by molar-refractivity contribution is 7.48. The first-order valence-corrected chi connectivity index (χ1v) is 14.0. The van der Waals surface area contributed by atoms with Crippen LogP contribution in [0, 0.1) is 11.8 Å². The van der Waals surface area contributed by atoms with E-state index in [1.807, 2.05) is 66.2 Å². The predicted octanol–water partition coefficient (Wildman–Crippen LogP) is 4.96. The Morgan fingerprint density at radius 1 is 0.947 bits per heavy atom. The lowest BCUT2D eigenvalue weighted by Crippen LogP contribution is -2.15. The number of carbonyl (C=O) groups is 2. The van der Waals surface area contributed by atoms with Crippen molar-refractivity contribution in [2.24, 2.45) is 11.8 Å². The van der Waals surface area contributed by atoms with Gasteiger partial charge in [-0.15, -0.1) is 0 Å². The summed E-state index contributed by atoms with van der Waals surface area (Å²) in [6.07, 6.45) is 3.03. The molecule has 1 aromatic heterocycles. The van der Waals surface area contributed by atoms with Crippen molar-refractivity contribution in [3.63, 3.8) is 0 Å². The lowest BCUT2D eigenvalue weighted by Gasteiger charge is -2.19. The summed E-state index contributed by atoms with van der Waals surface area (Å²) in [7, 11) is 1.31. The van der Waals surface area contributed by atoms with Crippen LogP contribution in [0.25, 0.3) is 10.9 Å². The summed E-state index contributed by atoms with van der Waals surface area (Å²) in [6.45, 7) is 6.83. The summed E-state index contributed by atoms with van der Waals surface area (Å²) in [5, 5.41) is 0.969. The van der Waals surface area contributed by atoms with Gasteiger partial charge in [-0.3, -0.25) is 14.1 Å². The number of phosphoric acid groups is 1. The Labute approximate surface area is 224 Å². The SMILES string of the molecule is COc1ccc2c(c1)c(CCN(C)C)cn2COP(=O)(OCOC(=O)CC(C)C)OCOC(=O)CC(C)C. The number of ether oxygens (including phenoxy) is 3. The minimum Gasteiger partial charge on any atom is -0.497 e. The Morgan fingerprint density at radius 2 is 1.53 bits per heavy atom. The molecule has 1 heterocycles. The third-order valence-corrected chi connectivity index (χ3v) is 6.64. The highest BCUT2D eigenvalue weighted by Crippen LogP contribution is 2.50. The maximum Gasteiger partial charge on any atom is 0.482 e. The number of aromatic nitrogens is 1. The molecule has 0 saturated heterocycles. The van der Waals surface area contributed by atoms with Crippen LogP contribution in [0.15, 0.2) is 24.4 Å². The van der Waals surface area contributed by atoms with Gasteiger partial charge in [0.15, 0.2) is 0 Å². The van der Waals surface area contributed by atoms with E-state index in [0.29, 0.717) is 5.75 Å². The molecule has 0 N–H and O–H groups in total. The molecule has 0 radical (unpaired) electrons. The molecule has 214 valence electrons. The third kappa shape index (κ3) is 10.7. The number of phosphoric ester groups is 1. The molecule has 1 aromatic carbocycles. The summed E-state index contributed by atoms with van der Waals surface area (Å²) in [4.78, 5) is 25.8. The van der Waals surface area contributed by atoms with Crippen molar-refractivity contribution in [1.82, 2.24) is 9.47 Å². The zero-order valence-corrected chi connectivity index (χ0v) is 24.3. The summed E-state index contributed by atoms with van der Waals surface area (Å²) >= 11 is 0. The molecule has 2 aromatic rings. The van der Waals surface area contributed by atoms with Crippen LogP contribution in [0.3, 0.4) is 0 Å². The summed E-state index contributed by atoms with van der Waals surface area (Å²) in [6, 6.07) is 5.64. The van der Waals surface area contributed by atoms with Gasteiger partial charge in [0, 0.05) is 31.0 Å². The molecule has 0 aliphatic rings. The van der Waals surface area contributed by atoms with Crippen LogP contribution >= 0.6 is 7.82 Å². The van der Waals surface area contributed by atoms with E-state index in [-0.39, 0.29) is 31.4 Å². The Kier molecular flexibility index (Phi) is 12.7. The molecule has 0 unspecified atom stereocenters. The predicted molar refractivity (Wildman–Crippen MR) is 142 cm³/mol. The van der Waals surface area contributed by atoms with Gasteiger partial charge in [0.25, 0.3) is 0 Å². The van der Waals surface area contributed by atoms with Gasteiger partial charge in [0.1, 0.15) is 12.5 Å². The van der Waals surface area contributed by atoms with Crippen molar-refractivity contribution < 1.29 is 41.9 Å². The molecule has 0 aliphatic carbocycles. The second-order valence-electron chi connectivity index (χ2n) is 9.99. The highest BCUT2D eigenvalue weighted by Gasteiger charge is 2.29. The first-order valence-electron chi connectivity index (χ1n) is 12.6. The first kappa shape index (κ1) is 31.8. The van der Waals surface area contributed by atoms with Gasteiger partial charge in [-0.25, -0.2) is 13.6 Å². The van der Waals surface area contributed by atoms with Gasteiger partial charge < -0.3 is 23.7 Å². The standard InChI is InChI=1S/C26H41N2O9P/c1-19(2)12-25(29)33-17-36-38(31,37-18-34-26(30)13-20(3)4)35-16-28-15-21(10-11-27(5)6)23-14-22(32-7)8-9-24(23)28/h8-9,14-15,19-20H,10-13,16-18H2,1-7H3. The van der Waals surface area contributed by atoms with Crippen LogP contribution in [-0.2, 0) is 50.4 Å².